The quantitative estimate of drug-likeness (QED) is 0.774. The van der Waals surface area contributed by atoms with Crippen LogP contribution in [0.25, 0.3) is 0 Å². The topological polar surface area (TPSA) is 63.4 Å². The highest BCUT2D eigenvalue weighted by Gasteiger charge is 2.16. The Hall–Kier alpha value is -1.68. The number of hydrogen-bond donors (Lipinski definition) is 1. The van der Waals surface area contributed by atoms with Crippen LogP contribution in [0, 0.1) is 19.8 Å². The Morgan fingerprint density at radius 2 is 1.85 bits per heavy atom. The second-order valence-corrected chi connectivity index (χ2v) is 5.77. The van der Waals surface area contributed by atoms with Crippen molar-refractivity contribution in [1.82, 2.24) is 4.90 Å². The molecule has 1 aromatic rings. The van der Waals surface area contributed by atoms with Gasteiger partial charge in [0, 0.05) is 12.1 Å². The molecule has 1 rings (SSSR count). The molecule has 0 aliphatic rings. The molecule has 0 aliphatic heterocycles. The van der Waals surface area contributed by atoms with Crippen molar-refractivity contribution in [2.75, 3.05) is 19.6 Å². The summed E-state index contributed by atoms with van der Waals surface area (Å²) in [4.78, 5) is 25.3. The van der Waals surface area contributed by atoms with E-state index in [9.17, 15) is 9.59 Å². The third kappa shape index (κ3) is 5.13. The van der Waals surface area contributed by atoms with Gasteiger partial charge in [-0.25, -0.2) is 0 Å². The molecule has 0 aliphatic carbocycles. The summed E-state index contributed by atoms with van der Waals surface area (Å²) in [7, 11) is 0. The Morgan fingerprint density at radius 1 is 1.20 bits per heavy atom. The summed E-state index contributed by atoms with van der Waals surface area (Å²) in [5.41, 5.74) is 8.06. The number of ketones is 1. The summed E-state index contributed by atoms with van der Waals surface area (Å²) < 4.78 is 0. The predicted octanol–water partition coefficient (Wildman–Crippen LogP) is 1.93. The SMILES string of the molecule is Cc1ccc(C(=O)CN(CC(N)=O)CC(C)C)c(C)c1. The van der Waals surface area contributed by atoms with Crippen LogP contribution in [0.3, 0.4) is 0 Å². The first-order chi connectivity index (χ1) is 9.29. The van der Waals surface area contributed by atoms with Crippen LogP contribution in [0.5, 0.6) is 0 Å². The van der Waals surface area contributed by atoms with Crippen molar-refractivity contribution in [2.45, 2.75) is 27.7 Å². The number of aryl methyl sites for hydroxylation is 2. The molecule has 0 fully saturated rings. The van der Waals surface area contributed by atoms with Gasteiger partial charge in [-0.15, -0.1) is 0 Å². The van der Waals surface area contributed by atoms with Crippen LogP contribution in [0.2, 0.25) is 0 Å². The van der Waals surface area contributed by atoms with Crippen LogP contribution in [0.4, 0.5) is 0 Å². The number of carbonyl (C=O) groups excluding carboxylic acids is 2. The van der Waals surface area contributed by atoms with Crippen LogP contribution in [-0.2, 0) is 4.79 Å². The molecule has 1 aromatic carbocycles. The summed E-state index contributed by atoms with van der Waals surface area (Å²) in [5, 5.41) is 0. The van der Waals surface area contributed by atoms with Gasteiger partial charge < -0.3 is 5.73 Å². The van der Waals surface area contributed by atoms with Gasteiger partial charge >= 0.3 is 0 Å². The lowest BCUT2D eigenvalue weighted by Gasteiger charge is -2.22. The highest BCUT2D eigenvalue weighted by atomic mass is 16.1. The fraction of sp³-hybridized carbons (Fsp3) is 0.500. The van der Waals surface area contributed by atoms with Crippen molar-refractivity contribution in [3.8, 4) is 0 Å². The highest BCUT2D eigenvalue weighted by molar-refractivity contribution is 5.99. The van der Waals surface area contributed by atoms with E-state index >= 15 is 0 Å². The molecule has 0 spiro atoms. The van der Waals surface area contributed by atoms with E-state index in [2.05, 4.69) is 13.8 Å². The average Bonchev–Trinajstić information content (AvgIpc) is 2.26. The maximum atomic E-state index is 12.4. The Kier molecular flexibility index (Phi) is 5.89. The van der Waals surface area contributed by atoms with Gasteiger partial charge in [0.1, 0.15) is 0 Å². The lowest BCUT2D eigenvalue weighted by atomic mass is 10.0. The minimum atomic E-state index is -0.404. The van der Waals surface area contributed by atoms with E-state index in [-0.39, 0.29) is 18.9 Å². The monoisotopic (exact) mass is 276 g/mol. The average molecular weight is 276 g/mol. The van der Waals surface area contributed by atoms with Gasteiger partial charge in [-0.2, -0.15) is 0 Å². The first-order valence-corrected chi connectivity index (χ1v) is 6.90. The lowest BCUT2D eigenvalue weighted by molar-refractivity contribution is -0.119. The first-order valence-electron chi connectivity index (χ1n) is 6.90. The highest BCUT2D eigenvalue weighted by Crippen LogP contribution is 2.12. The van der Waals surface area contributed by atoms with Gasteiger partial charge in [-0.1, -0.05) is 37.6 Å². The largest absolute Gasteiger partial charge is 0.369 e. The molecule has 4 heteroatoms. The van der Waals surface area contributed by atoms with Crippen molar-refractivity contribution in [1.29, 1.82) is 0 Å². The summed E-state index contributed by atoms with van der Waals surface area (Å²) in [6.07, 6.45) is 0. The molecule has 2 N–H and O–H groups in total. The molecule has 0 saturated heterocycles. The molecule has 0 heterocycles. The van der Waals surface area contributed by atoms with E-state index in [1.54, 1.807) is 0 Å². The van der Waals surface area contributed by atoms with Crippen LogP contribution in [0.1, 0.15) is 35.3 Å². The van der Waals surface area contributed by atoms with Crippen molar-refractivity contribution >= 4 is 11.7 Å². The van der Waals surface area contributed by atoms with Crippen molar-refractivity contribution in [2.24, 2.45) is 11.7 Å². The fourth-order valence-corrected chi connectivity index (χ4v) is 2.34. The minimum absolute atomic E-state index is 0.0319. The van der Waals surface area contributed by atoms with Gasteiger partial charge in [0.25, 0.3) is 0 Å². The second kappa shape index (κ2) is 7.20. The van der Waals surface area contributed by atoms with Gasteiger partial charge in [0.15, 0.2) is 5.78 Å². The maximum Gasteiger partial charge on any atom is 0.231 e. The Bertz CT molecular complexity index is 495. The number of nitrogens with zero attached hydrogens (tertiary/aromatic N) is 1. The van der Waals surface area contributed by atoms with E-state index < -0.39 is 5.91 Å². The van der Waals surface area contributed by atoms with Gasteiger partial charge in [0.05, 0.1) is 13.1 Å². The number of Topliss-reactive ketones (excluding diaryl/α,β-unsaturated/α-hetero) is 1. The van der Waals surface area contributed by atoms with Gasteiger partial charge in [0.2, 0.25) is 5.91 Å². The summed E-state index contributed by atoms with van der Waals surface area (Å²) in [6, 6.07) is 5.78. The minimum Gasteiger partial charge on any atom is -0.369 e. The zero-order valence-corrected chi connectivity index (χ0v) is 12.8. The number of nitrogens with two attached hydrogens (primary N) is 1. The number of benzene rings is 1. The molecule has 0 aromatic heterocycles. The van der Waals surface area contributed by atoms with Crippen LogP contribution >= 0.6 is 0 Å². The Labute approximate surface area is 121 Å². The van der Waals surface area contributed by atoms with Crippen LogP contribution < -0.4 is 5.73 Å². The molecule has 20 heavy (non-hydrogen) atoms. The molecule has 0 saturated carbocycles. The number of hydrogen-bond acceptors (Lipinski definition) is 3. The third-order valence-corrected chi connectivity index (χ3v) is 3.05. The molecular formula is C16H24N2O2. The van der Waals surface area contributed by atoms with Crippen molar-refractivity contribution in [3.63, 3.8) is 0 Å². The van der Waals surface area contributed by atoms with Crippen LogP contribution in [0.15, 0.2) is 18.2 Å². The predicted molar refractivity (Wildman–Crippen MR) is 80.7 cm³/mol. The van der Waals surface area contributed by atoms with E-state index in [0.717, 1.165) is 11.1 Å². The summed E-state index contributed by atoms with van der Waals surface area (Å²) >= 11 is 0. The number of amides is 1. The molecule has 0 atom stereocenters. The zero-order valence-electron chi connectivity index (χ0n) is 12.8. The van der Waals surface area contributed by atoms with E-state index in [0.29, 0.717) is 18.0 Å². The normalized spacial score (nSPS) is 11.1. The molecule has 4 nitrogen and oxygen atoms in total. The van der Waals surface area contributed by atoms with Crippen LogP contribution in [-0.4, -0.2) is 36.2 Å². The van der Waals surface area contributed by atoms with Gasteiger partial charge in [-0.3, -0.25) is 14.5 Å². The molecule has 0 radical (unpaired) electrons. The number of primary amides is 1. The molecule has 0 bridgehead atoms. The molecule has 110 valence electrons. The van der Waals surface area contributed by atoms with Gasteiger partial charge in [-0.05, 0) is 25.3 Å². The summed E-state index contributed by atoms with van der Waals surface area (Å²) in [5.74, 6) is 0.00439. The van der Waals surface area contributed by atoms with E-state index in [4.69, 9.17) is 5.73 Å². The Morgan fingerprint density at radius 3 is 2.35 bits per heavy atom. The maximum absolute atomic E-state index is 12.4. The second-order valence-electron chi connectivity index (χ2n) is 5.77. The number of carbonyl (C=O) groups is 2. The van der Waals surface area contributed by atoms with E-state index in [1.807, 2.05) is 36.9 Å². The van der Waals surface area contributed by atoms with Crippen molar-refractivity contribution in [3.05, 3.63) is 34.9 Å². The van der Waals surface area contributed by atoms with Crippen molar-refractivity contribution < 1.29 is 9.59 Å². The smallest absolute Gasteiger partial charge is 0.231 e. The fourth-order valence-electron chi connectivity index (χ4n) is 2.34. The summed E-state index contributed by atoms with van der Waals surface area (Å²) in [6.45, 7) is 9.06. The lowest BCUT2D eigenvalue weighted by Crippen LogP contribution is -2.39. The molecule has 1 amide bonds. The first kappa shape index (κ1) is 16.4. The number of rotatable bonds is 7. The van der Waals surface area contributed by atoms with E-state index in [1.165, 1.54) is 0 Å². The Balaban J connectivity index is 2.81. The molecule has 0 unspecified atom stereocenters. The molecular weight excluding hydrogens is 252 g/mol. The zero-order chi connectivity index (χ0) is 15.3. The third-order valence-electron chi connectivity index (χ3n) is 3.05. The standard InChI is InChI=1S/C16H24N2O2/c1-11(2)8-18(10-16(17)20)9-15(19)14-6-5-12(3)7-13(14)4/h5-7,11H,8-10H2,1-4H3,(H2,17,20).